The molecule has 0 saturated heterocycles. The number of benzene rings is 1. The number of anilines is 1. The number of nitrogen functional groups attached to an aromatic ring is 1. The second-order valence-corrected chi connectivity index (χ2v) is 7.10. The molecule has 0 unspecified atom stereocenters. The number of nitrogens with zero attached hydrogens (tertiary/aromatic N) is 1. The van der Waals surface area contributed by atoms with E-state index in [2.05, 4.69) is 0 Å². The van der Waals surface area contributed by atoms with Crippen molar-refractivity contribution < 1.29 is 8.42 Å². The van der Waals surface area contributed by atoms with Crippen molar-refractivity contribution in [1.82, 2.24) is 4.31 Å². The molecule has 1 aliphatic carbocycles. The van der Waals surface area contributed by atoms with Gasteiger partial charge in [0.1, 0.15) is 4.90 Å². The minimum Gasteiger partial charge on any atom is -0.398 e. The zero-order valence-electron chi connectivity index (χ0n) is 10.8. The third kappa shape index (κ3) is 2.67. The number of sulfonamides is 1. The molecule has 0 radical (unpaired) electrons. The van der Waals surface area contributed by atoms with E-state index in [9.17, 15) is 8.42 Å². The number of para-hydroxylation sites is 1. The van der Waals surface area contributed by atoms with E-state index in [-0.39, 0.29) is 10.9 Å². The molecule has 1 saturated carbocycles. The minimum absolute atomic E-state index is 0.164. The van der Waals surface area contributed by atoms with Gasteiger partial charge in [0.25, 0.3) is 0 Å². The Hall–Kier alpha value is -1.07. The van der Waals surface area contributed by atoms with E-state index in [1.807, 2.05) is 13.8 Å². The number of hydrogen-bond donors (Lipinski definition) is 1. The summed E-state index contributed by atoms with van der Waals surface area (Å²) in [5.41, 5.74) is 6.12. The molecule has 1 aromatic rings. The predicted molar refractivity (Wildman–Crippen MR) is 72.6 cm³/mol. The van der Waals surface area contributed by atoms with Crippen molar-refractivity contribution in [3.8, 4) is 0 Å². The molecule has 0 amide bonds. The van der Waals surface area contributed by atoms with Crippen molar-refractivity contribution in [1.29, 1.82) is 0 Å². The smallest absolute Gasteiger partial charge is 0.245 e. The van der Waals surface area contributed by atoms with Crippen LogP contribution in [0.2, 0.25) is 0 Å². The van der Waals surface area contributed by atoms with Crippen molar-refractivity contribution in [3.05, 3.63) is 24.3 Å². The van der Waals surface area contributed by atoms with Gasteiger partial charge in [0.15, 0.2) is 0 Å². The molecule has 1 fully saturated rings. The third-order valence-corrected chi connectivity index (χ3v) is 5.00. The Morgan fingerprint density at radius 2 is 1.94 bits per heavy atom. The molecule has 1 aliphatic rings. The minimum atomic E-state index is -3.46. The number of hydrogen-bond acceptors (Lipinski definition) is 3. The Balaban J connectivity index is 2.36. The summed E-state index contributed by atoms with van der Waals surface area (Å²) in [4.78, 5) is 0.234. The summed E-state index contributed by atoms with van der Waals surface area (Å²) in [6.07, 6.45) is 1.91. The van der Waals surface area contributed by atoms with Crippen LogP contribution in [-0.4, -0.2) is 25.3 Å². The molecule has 0 aromatic heterocycles. The molecule has 0 bridgehead atoms. The number of nitrogens with two attached hydrogens (primary N) is 1. The Morgan fingerprint density at radius 1 is 1.33 bits per heavy atom. The van der Waals surface area contributed by atoms with Crippen molar-refractivity contribution in [2.45, 2.75) is 37.6 Å². The first-order valence-corrected chi connectivity index (χ1v) is 7.73. The quantitative estimate of drug-likeness (QED) is 0.832. The Morgan fingerprint density at radius 3 is 2.44 bits per heavy atom. The lowest BCUT2D eigenvalue weighted by Crippen LogP contribution is -2.36. The molecule has 2 rings (SSSR count). The maximum atomic E-state index is 12.6. The van der Waals surface area contributed by atoms with Crippen molar-refractivity contribution >= 4 is 15.7 Å². The fraction of sp³-hybridized carbons (Fsp3) is 0.538. The van der Waals surface area contributed by atoms with Gasteiger partial charge in [-0.15, -0.1) is 0 Å². The maximum absolute atomic E-state index is 12.6. The van der Waals surface area contributed by atoms with Gasteiger partial charge in [-0.2, -0.15) is 4.31 Å². The summed E-state index contributed by atoms with van der Waals surface area (Å²) in [5, 5.41) is 0. The molecule has 4 nitrogen and oxygen atoms in total. The molecule has 100 valence electrons. The predicted octanol–water partition coefficient (Wildman–Crippen LogP) is 2.08. The van der Waals surface area contributed by atoms with Crippen LogP contribution in [0.1, 0.15) is 26.7 Å². The van der Waals surface area contributed by atoms with E-state index < -0.39 is 10.0 Å². The summed E-state index contributed by atoms with van der Waals surface area (Å²) >= 11 is 0. The van der Waals surface area contributed by atoms with Crippen LogP contribution >= 0.6 is 0 Å². The molecular weight excluding hydrogens is 248 g/mol. The highest BCUT2D eigenvalue weighted by Crippen LogP contribution is 2.34. The van der Waals surface area contributed by atoms with E-state index in [4.69, 9.17) is 5.73 Å². The number of rotatable bonds is 5. The van der Waals surface area contributed by atoms with Gasteiger partial charge in [0.05, 0.1) is 5.69 Å². The average Bonchev–Trinajstić information content (AvgIpc) is 3.09. The van der Waals surface area contributed by atoms with Gasteiger partial charge >= 0.3 is 0 Å². The van der Waals surface area contributed by atoms with Crippen LogP contribution in [0.25, 0.3) is 0 Å². The van der Waals surface area contributed by atoms with Crippen LogP contribution in [0.5, 0.6) is 0 Å². The standard InChI is InChI=1S/C13H20N2O2S/c1-10(2)9-15(11-7-8-11)18(16,17)13-6-4-3-5-12(13)14/h3-6,10-11H,7-9,14H2,1-2H3. The average molecular weight is 268 g/mol. The second kappa shape index (κ2) is 4.90. The Kier molecular flexibility index (Phi) is 3.64. The largest absolute Gasteiger partial charge is 0.398 e. The van der Waals surface area contributed by atoms with E-state index in [0.29, 0.717) is 18.2 Å². The highest BCUT2D eigenvalue weighted by Gasteiger charge is 2.38. The van der Waals surface area contributed by atoms with Crippen LogP contribution in [0.3, 0.4) is 0 Å². The first-order chi connectivity index (χ1) is 8.43. The molecule has 0 spiro atoms. The maximum Gasteiger partial charge on any atom is 0.245 e. The van der Waals surface area contributed by atoms with Crippen LogP contribution in [0, 0.1) is 5.92 Å². The van der Waals surface area contributed by atoms with Crippen LogP contribution in [0.15, 0.2) is 29.2 Å². The van der Waals surface area contributed by atoms with Crippen LogP contribution < -0.4 is 5.73 Å². The lowest BCUT2D eigenvalue weighted by Gasteiger charge is -2.24. The fourth-order valence-electron chi connectivity index (χ4n) is 2.01. The Labute approximate surface area is 109 Å². The highest BCUT2D eigenvalue weighted by atomic mass is 32.2. The third-order valence-electron chi connectivity index (χ3n) is 3.00. The Bertz CT molecular complexity index is 522. The van der Waals surface area contributed by atoms with E-state index in [1.165, 1.54) is 0 Å². The van der Waals surface area contributed by atoms with Gasteiger partial charge in [-0.1, -0.05) is 26.0 Å². The zero-order valence-corrected chi connectivity index (χ0v) is 11.7. The normalized spacial score (nSPS) is 16.4. The lowest BCUT2D eigenvalue weighted by molar-refractivity contribution is 0.360. The summed E-state index contributed by atoms with van der Waals surface area (Å²) in [6, 6.07) is 6.84. The molecule has 2 N–H and O–H groups in total. The fourth-order valence-corrected chi connectivity index (χ4v) is 3.97. The first-order valence-electron chi connectivity index (χ1n) is 6.29. The summed E-state index contributed by atoms with van der Waals surface area (Å²) in [6.45, 7) is 4.61. The van der Waals surface area contributed by atoms with Gasteiger partial charge < -0.3 is 5.73 Å². The summed E-state index contributed by atoms with van der Waals surface area (Å²) in [5.74, 6) is 0.310. The molecule has 1 aromatic carbocycles. The molecule has 18 heavy (non-hydrogen) atoms. The van der Waals surface area contributed by atoms with Crippen LogP contribution in [-0.2, 0) is 10.0 Å². The van der Waals surface area contributed by atoms with Gasteiger partial charge in [0, 0.05) is 12.6 Å². The topological polar surface area (TPSA) is 63.4 Å². The van der Waals surface area contributed by atoms with Crippen molar-refractivity contribution in [3.63, 3.8) is 0 Å². The molecule has 0 aliphatic heterocycles. The zero-order chi connectivity index (χ0) is 13.3. The van der Waals surface area contributed by atoms with Crippen molar-refractivity contribution in [2.24, 2.45) is 5.92 Å². The van der Waals surface area contributed by atoms with Gasteiger partial charge in [-0.25, -0.2) is 8.42 Å². The molecule has 0 atom stereocenters. The van der Waals surface area contributed by atoms with E-state index in [0.717, 1.165) is 12.8 Å². The van der Waals surface area contributed by atoms with Gasteiger partial charge in [-0.05, 0) is 30.9 Å². The van der Waals surface area contributed by atoms with Gasteiger partial charge in [-0.3, -0.25) is 0 Å². The lowest BCUT2D eigenvalue weighted by atomic mass is 10.2. The monoisotopic (exact) mass is 268 g/mol. The molecular formula is C13H20N2O2S. The molecule has 0 heterocycles. The highest BCUT2D eigenvalue weighted by molar-refractivity contribution is 7.89. The van der Waals surface area contributed by atoms with Crippen molar-refractivity contribution in [2.75, 3.05) is 12.3 Å². The second-order valence-electron chi connectivity index (χ2n) is 5.24. The SMILES string of the molecule is CC(C)CN(C1CC1)S(=O)(=O)c1ccccc1N. The van der Waals surface area contributed by atoms with E-state index in [1.54, 1.807) is 28.6 Å². The summed E-state index contributed by atoms with van der Waals surface area (Å²) in [7, 11) is -3.46. The molecule has 5 heteroatoms. The van der Waals surface area contributed by atoms with E-state index >= 15 is 0 Å². The first kappa shape index (κ1) is 13.4. The summed E-state index contributed by atoms with van der Waals surface area (Å²) < 4.78 is 26.8. The van der Waals surface area contributed by atoms with Crippen LogP contribution in [0.4, 0.5) is 5.69 Å². The van der Waals surface area contributed by atoms with Gasteiger partial charge in [0.2, 0.25) is 10.0 Å².